The number of Topliss-reactive ketones (excluding diaryl/α,β-unsaturated/α-hetero) is 1. The number of carbonyl (C=O) groups excluding carboxylic acids is 1. The average molecular weight is 149 g/mol. The van der Waals surface area contributed by atoms with Crippen molar-refractivity contribution in [2.24, 2.45) is 0 Å². The molecular weight excluding hydrogens is 142 g/mol. The Morgan fingerprint density at radius 3 is 3.09 bits per heavy atom. The molecule has 1 aromatic rings. The summed E-state index contributed by atoms with van der Waals surface area (Å²) in [4.78, 5) is 14.3. The van der Waals surface area contributed by atoms with Crippen molar-refractivity contribution < 1.29 is 4.79 Å². The lowest BCUT2D eigenvalue weighted by Crippen LogP contribution is -2.01. The summed E-state index contributed by atoms with van der Waals surface area (Å²) in [5.41, 5.74) is 0. The van der Waals surface area contributed by atoms with Crippen LogP contribution >= 0.6 is 0 Å². The Kier molecular flexibility index (Phi) is 2.39. The molecule has 0 aliphatic carbocycles. The van der Waals surface area contributed by atoms with E-state index in [0.717, 1.165) is 0 Å². The fraction of sp³-hybridized carbons (Fsp3) is 0.286. The Morgan fingerprint density at radius 2 is 2.55 bits per heavy atom. The number of carbonyl (C=O) groups is 1. The summed E-state index contributed by atoms with van der Waals surface area (Å²) in [6.45, 7) is 0.534. The first-order valence-electron chi connectivity index (χ1n) is 3.21. The molecule has 0 atom stereocenters. The van der Waals surface area contributed by atoms with E-state index < -0.39 is 5.78 Å². The molecule has 0 amide bonds. The third-order valence-corrected chi connectivity index (χ3v) is 1.28. The number of nitriles is 1. The molecule has 0 aliphatic rings. The van der Waals surface area contributed by atoms with E-state index in [2.05, 4.69) is 4.98 Å². The number of aryl methyl sites for hydroxylation is 1. The van der Waals surface area contributed by atoms with Crippen LogP contribution in [0.15, 0.2) is 18.7 Å². The van der Waals surface area contributed by atoms with E-state index in [1.54, 1.807) is 29.4 Å². The molecule has 0 spiro atoms. The van der Waals surface area contributed by atoms with Crippen molar-refractivity contribution in [2.45, 2.75) is 13.0 Å². The first-order valence-corrected chi connectivity index (χ1v) is 3.21. The molecule has 11 heavy (non-hydrogen) atoms. The summed E-state index contributed by atoms with van der Waals surface area (Å²) in [7, 11) is 0. The van der Waals surface area contributed by atoms with Gasteiger partial charge in [0, 0.05) is 25.4 Å². The van der Waals surface area contributed by atoms with Crippen molar-refractivity contribution in [3.63, 3.8) is 0 Å². The van der Waals surface area contributed by atoms with E-state index in [1.807, 2.05) is 0 Å². The molecule has 0 fully saturated rings. The van der Waals surface area contributed by atoms with E-state index >= 15 is 0 Å². The molecular formula is C7H7N3O. The standard InChI is InChI=1S/C7H7N3O/c8-5-7(11)1-3-10-4-2-9-6-10/h2,4,6H,1,3H2. The van der Waals surface area contributed by atoms with Crippen molar-refractivity contribution in [3.05, 3.63) is 18.7 Å². The maximum absolute atomic E-state index is 10.5. The van der Waals surface area contributed by atoms with Crippen molar-refractivity contribution in [3.8, 4) is 6.07 Å². The Hall–Kier alpha value is -1.63. The minimum atomic E-state index is -0.390. The molecule has 0 saturated heterocycles. The second-order valence-corrected chi connectivity index (χ2v) is 2.09. The van der Waals surface area contributed by atoms with Crippen LogP contribution in [0.25, 0.3) is 0 Å². The third-order valence-electron chi connectivity index (χ3n) is 1.28. The van der Waals surface area contributed by atoms with Gasteiger partial charge in [-0.15, -0.1) is 0 Å². The number of hydrogen-bond donors (Lipinski definition) is 0. The van der Waals surface area contributed by atoms with Gasteiger partial charge in [0.05, 0.1) is 6.33 Å². The van der Waals surface area contributed by atoms with Crippen LogP contribution in [0.1, 0.15) is 6.42 Å². The van der Waals surface area contributed by atoms with E-state index in [0.29, 0.717) is 6.54 Å². The van der Waals surface area contributed by atoms with Gasteiger partial charge in [-0.25, -0.2) is 4.98 Å². The highest BCUT2D eigenvalue weighted by Gasteiger charge is 1.97. The van der Waals surface area contributed by atoms with E-state index in [1.165, 1.54) is 0 Å². The smallest absolute Gasteiger partial charge is 0.233 e. The Balaban J connectivity index is 2.36. The minimum absolute atomic E-state index is 0.257. The topological polar surface area (TPSA) is 58.7 Å². The van der Waals surface area contributed by atoms with Crippen molar-refractivity contribution in [1.82, 2.24) is 9.55 Å². The predicted molar refractivity (Wildman–Crippen MR) is 37.5 cm³/mol. The molecule has 0 aromatic carbocycles. The van der Waals surface area contributed by atoms with Gasteiger partial charge >= 0.3 is 0 Å². The number of aromatic nitrogens is 2. The predicted octanol–water partition coefficient (Wildman–Crippen LogP) is 0.366. The zero-order chi connectivity index (χ0) is 8.10. The zero-order valence-corrected chi connectivity index (χ0v) is 5.90. The monoisotopic (exact) mass is 149 g/mol. The van der Waals surface area contributed by atoms with Crippen LogP contribution < -0.4 is 0 Å². The highest BCUT2D eigenvalue weighted by molar-refractivity contribution is 5.93. The molecule has 4 nitrogen and oxygen atoms in total. The Bertz CT molecular complexity index is 270. The lowest BCUT2D eigenvalue weighted by atomic mass is 10.3. The van der Waals surface area contributed by atoms with Crippen molar-refractivity contribution in [2.75, 3.05) is 0 Å². The molecule has 56 valence electrons. The quantitative estimate of drug-likeness (QED) is 0.583. The number of imidazole rings is 1. The Labute approximate surface area is 64.1 Å². The highest BCUT2D eigenvalue weighted by Crippen LogP contribution is 1.90. The second kappa shape index (κ2) is 3.52. The van der Waals surface area contributed by atoms with Crippen molar-refractivity contribution >= 4 is 5.78 Å². The molecule has 0 radical (unpaired) electrons. The molecule has 0 unspecified atom stereocenters. The van der Waals surface area contributed by atoms with Gasteiger partial charge < -0.3 is 4.57 Å². The highest BCUT2D eigenvalue weighted by atomic mass is 16.1. The van der Waals surface area contributed by atoms with Crippen LogP contribution in [0, 0.1) is 11.3 Å². The molecule has 0 aliphatic heterocycles. The molecule has 1 heterocycles. The molecule has 1 rings (SSSR count). The largest absolute Gasteiger partial charge is 0.337 e. The van der Waals surface area contributed by atoms with E-state index in [-0.39, 0.29) is 6.42 Å². The summed E-state index contributed by atoms with van der Waals surface area (Å²) < 4.78 is 1.76. The third kappa shape index (κ3) is 2.22. The molecule has 0 bridgehead atoms. The van der Waals surface area contributed by atoms with Gasteiger partial charge in [0.1, 0.15) is 6.07 Å². The summed E-state index contributed by atoms with van der Waals surface area (Å²) >= 11 is 0. The van der Waals surface area contributed by atoms with Gasteiger partial charge in [-0.1, -0.05) is 0 Å². The minimum Gasteiger partial charge on any atom is -0.337 e. The van der Waals surface area contributed by atoms with Crippen LogP contribution in [0.3, 0.4) is 0 Å². The maximum Gasteiger partial charge on any atom is 0.233 e. The first-order chi connectivity index (χ1) is 5.33. The first kappa shape index (κ1) is 7.48. The number of hydrogen-bond acceptors (Lipinski definition) is 3. The van der Waals surface area contributed by atoms with E-state index in [4.69, 9.17) is 5.26 Å². The van der Waals surface area contributed by atoms with Crippen LogP contribution in [0.2, 0.25) is 0 Å². The molecule has 0 N–H and O–H groups in total. The van der Waals surface area contributed by atoms with Gasteiger partial charge in [-0.05, 0) is 0 Å². The number of ketones is 1. The summed E-state index contributed by atoms with van der Waals surface area (Å²) in [6, 6.07) is 1.55. The summed E-state index contributed by atoms with van der Waals surface area (Å²) in [5.74, 6) is -0.390. The van der Waals surface area contributed by atoms with Crippen LogP contribution in [0.4, 0.5) is 0 Å². The van der Waals surface area contributed by atoms with Gasteiger partial charge in [-0.2, -0.15) is 5.26 Å². The molecule has 4 heteroatoms. The fourth-order valence-electron chi connectivity index (χ4n) is 0.706. The Morgan fingerprint density at radius 1 is 1.73 bits per heavy atom. The van der Waals surface area contributed by atoms with Crippen LogP contribution in [0.5, 0.6) is 0 Å². The van der Waals surface area contributed by atoms with Crippen LogP contribution in [-0.2, 0) is 11.3 Å². The van der Waals surface area contributed by atoms with Gasteiger partial charge in [-0.3, -0.25) is 4.79 Å². The lowest BCUT2D eigenvalue weighted by molar-refractivity contribution is -0.114. The summed E-state index contributed by atoms with van der Waals surface area (Å²) in [5, 5.41) is 8.14. The van der Waals surface area contributed by atoms with Crippen LogP contribution in [-0.4, -0.2) is 15.3 Å². The average Bonchev–Trinajstić information content (AvgIpc) is 2.52. The van der Waals surface area contributed by atoms with E-state index in [9.17, 15) is 4.79 Å². The van der Waals surface area contributed by atoms with Gasteiger partial charge in [0.25, 0.3) is 0 Å². The SMILES string of the molecule is N#CC(=O)CCn1ccnc1. The normalized spacial score (nSPS) is 9.00. The second-order valence-electron chi connectivity index (χ2n) is 2.09. The van der Waals surface area contributed by atoms with Gasteiger partial charge in [0.15, 0.2) is 0 Å². The van der Waals surface area contributed by atoms with Crippen molar-refractivity contribution in [1.29, 1.82) is 5.26 Å². The molecule has 0 saturated carbocycles. The number of rotatable bonds is 3. The zero-order valence-electron chi connectivity index (χ0n) is 5.90. The summed E-state index contributed by atoms with van der Waals surface area (Å²) in [6.07, 6.45) is 5.26. The lowest BCUT2D eigenvalue weighted by Gasteiger charge is -1.95. The molecule has 1 aromatic heterocycles. The maximum atomic E-state index is 10.5. The van der Waals surface area contributed by atoms with Gasteiger partial charge in [0.2, 0.25) is 5.78 Å². The fourth-order valence-corrected chi connectivity index (χ4v) is 0.706. The number of nitrogens with zero attached hydrogens (tertiary/aromatic N) is 3.